The van der Waals surface area contributed by atoms with E-state index in [0.29, 0.717) is 19.4 Å². The SMILES string of the molecule is C#CCNC(=O)N1CCCC1(C)C(=O)O. The van der Waals surface area contributed by atoms with Crippen molar-refractivity contribution in [3.8, 4) is 12.3 Å². The van der Waals surface area contributed by atoms with Gasteiger partial charge in [0, 0.05) is 6.54 Å². The number of hydrogen-bond acceptors (Lipinski definition) is 2. The molecule has 1 heterocycles. The molecule has 0 aliphatic carbocycles. The molecule has 15 heavy (non-hydrogen) atoms. The lowest BCUT2D eigenvalue weighted by molar-refractivity contribution is -0.147. The molecule has 0 bridgehead atoms. The van der Waals surface area contributed by atoms with Gasteiger partial charge in [0.1, 0.15) is 5.54 Å². The Morgan fingerprint density at radius 2 is 2.33 bits per heavy atom. The first-order valence-corrected chi connectivity index (χ1v) is 4.74. The second-order valence-corrected chi connectivity index (χ2v) is 3.70. The topological polar surface area (TPSA) is 69.6 Å². The number of nitrogens with zero attached hydrogens (tertiary/aromatic N) is 1. The maximum Gasteiger partial charge on any atom is 0.329 e. The van der Waals surface area contributed by atoms with Gasteiger partial charge < -0.3 is 15.3 Å². The van der Waals surface area contributed by atoms with E-state index in [1.807, 2.05) is 0 Å². The Morgan fingerprint density at radius 3 is 2.87 bits per heavy atom. The smallest absolute Gasteiger partial charge is 0.329 e. The highest BCUT2D eigenvalue weighted by Gasteiger charge is 2.45. The largest absolute Gasteiger partial charge is 0.480 e. The minimum Gasteiger partial charge on any atom is -0.480 e. The lowest BCUT2D eigenvalue weighted by Gasteiger charge is -2.30. The number of amides is 2. The molecule has 0 radical (unpaired) electrons. The number of hydrogen-bond donors (Lipinski definition) is 2. The highest BCUT2D eigenvalue weighted by atomic mass is 16.4. The van der Waals surface area contributed by atoms with Gasteiger partial charge in [-0.25, -0.2) is 9.59 Å². The van der Waals surface area contributed by atoms with Crippen LogP contribution in [0.4, 0.5) is 4.79 Å². The molecular formula is C10H14N2O3. The van der Waals surface area contributed by atoms with Crippen LogP contribution in [0, 0.1) is 12.3 Å². The van der Waals surface area contributed by atoms with E-state index in [0.717, 1.165) is 0 Å². The van der Waals surface area contributed by atoms with Gasteiger partial charge in [-0.05, 0) is 19.8 Å². The fourth-order valence-corrected chi connectivity index (χ4v) is 1.73. The number of terminal acetylenes is 1. The molecule has 82 valence electrons. The predicted molar refractivity (Wildman–Crippen MR) is 54.2 cm³/mol. The lowest BCUT2D eigenvalue weighted by Crippen LogP contribution is -2.54. The highest BCUT2D eigenvalue weighted by molar-refractivity contribution is 5.86. The second-order valence-electron chi connectivity index (χ2n) is 3.70. The van der Waals surface area contributed by atoms with Gasteiger partial charge in [0.15, 0.2) is 0 Å². The minimum atomic E-state index is -1.10. The van der Waals surface area contributed by atoms with Gasteiger partial charge in [-0.2, -0.15) is 0 Å². The van der Waals surface area contributed by atoms with Crippen LogP contribution >= 0.6 is 0 Å². The first-order chi connectivity index (χ1) is 7.02. The van der Waals surface area contributed by atoms with Crippen molar-refractivity contribution >= 4 is 12.0 Å². The summed E-state index contributed by atoms with van der Waals surface area (Å²) in [7, 11) is 0. The van der Waals surface area contributed by atoms with Gasteiger partial charge in [-0.15, -0.1) is 6.42 Å². The average molecular weight is 210 g/mol. The van der Waals surface area contributed by atoms with Gasteiger partial charge in [0.25, 0.3) is 0 Å². The van der Waals surface area contributed by atoms with Crippen LogP contribution in [0.5, 0.6) is 0 Å². The van der Waals surface area contributed by atoms with E-state index in [-0.39, 0.29) is 6.54 Å². The average Bonchev–Trinajstić information content (AvgIpc) is 2.58. The van der Waals surface area contributed by atoms with Crippen LogP contribution in [0.25, 0.3) is 0 Å². The van der Waals surface area contributed by atoms with E-state index in [1.165, 1.54) is 4.90 Å². The molecule has 0 aromatic heterocycles. The molecule has 0 saturated carbocycles. The van der Waals surface area contributed by atoms with E-state index < -0.39 is 17.5 Å². The number of carbonyl (C=O) groups excluding carboxylic acids is 1. The number of carbonyl (C=O) groups is 2. The monoisotopic (exact) mass is 210 g/mol. The lowest BCUT2D eigenvalue weighted by atomic mass is 10.00. The van der Waals surface area contributed by atoms with Crippen LogP contribution < -0.4 is 5.32 Å². The summed E-state index contributed by atoms with van der Waals surface area (Å²) in [5.41, 5.74) is -1.10. The third-order valence-corrected chi connectivity index (χ3v) is 2.69. The van der Waals surface area contributed by atoms with Gasteiger partial charge in [-0.1, -0.05) is 5.92 Å². The molecular weight excluding hydrogens is 196 g/mol. The Bertz CT molecular complexity index is 321. The van der Waals surface area contributed by atoms with E-state index in [4.69, 9.17) is 11.5 Å². The summed E-state index contributed by atoms with van der Waals surface area (Å²) in [4.78, 5) is 24.0. The van der Waals surface area contributed by atoms with Crippen LogP contribution in [-0.4, -0.2) is 40.6 Å². The first-order valence-electron chi connectivity index (χ1n) is 4.74. The van der Waals surface area contributed by atoms with Crippen molar-refractivity contribution in [3.05, 3.63) is 0 Å². The van der Waals surface area contributed by atoms with Gasteiger partial charge in [-0.3, -0.25) is 0 Å². The zero-order chi connectivity index (χ0) is 11.5. The predicted octanol–water partition coefficient (Wildman–Crippen LogP) is 0.268. The maximum atomic E-state index is 11.6. The van der Waals surface area contributed by atoms with E-state index in [9.17, 15) is 9.59 Å². The van der Waals surface area contributed by atoms with Crippen molar-refractivity contribution in [1.29, 1.82) is 0 Å². The van der Waals surface area contributed by atoms with Crippen molar-refractivity contribution in [2.24, 2.45) is 0 Å². The molecule has 2 amide bonds. The normalized spacial score (nSPS) is 24.7. The maximum absolute atomic E-state index is 11.6. The summed E-state index contributed by atoms with van der Waals surface area (Å²) in [6, 6.07) is -0.407. The van der Waals surface area contributed by atoms with Crippen molar-refractivity contribution in [2.45, 2.75) is 25.3 Å². The standard InChI is InChI=1S/C10H14N2O3/c1-3-6-11-9(15)12-7-4-5-10(12,2)8(13)14/h1H,4-7H2,2H3,(H,11,15)(H,13,14). The van der Waals surface area contributed by atoms with E-state index in [1.54, 1.807) is 6.92 Å². The molecule has 0 aromatic carbocycles. The van der Waals surface area contributed by atoms with Gasteiger partial charge >= 0.3 is 12.0 Å². The van der Waals surface area contributed by atoms with Crippen molar-refractivity contribution in [1.82, 2.24) is 10.2 Å². The summed E-state index contributed by atoms with van der Waals surface area (Å²) in [6.45, 7) is 2.13. The van der Waals surface area contributed by atoms with E-state index in [2.05, 4.69) is 11.2 Å². The molecule has 2 N–H and O–H groups in total. The summed E-state index contributed by atoms with van der Waals surface area (Å²) >= 11 is 0. The van der Waals surface area contributed by atoms with Crippen molar-refractivity contribution in [2.75, 3.05) is 13.1 Å². The number of rotatable bonds is 2. The molecule has 0 spiro atoms. The summed E-state index contributed by atoms with van der Waals surface area (Å²) < 4.78 is 0. The summed E-state index contributed by atoms with van der Waals surface area (Å²) in [5.74, 6) is 1.30. The molecule has 1 fully saturated rings. The first kappa shape index (κ1) is 11.4. The quantitative estimate of drug-likeness (QED) is 0.643. The number of likely N-dealkylation sites (tertiary alicyclic amines) is 1. The Morgan fingerprint density at radius 1 is 1.67 bits per heavy atom. The number of nitrogens with one attached hydrogen (secondary N) is 1. The Kier molecular flexibility index (Phi) is 3.20. The Balaban J connectivity index is 2.73. The zero-order valence-corrected chi connectivity index (χ0v) is 8.62. The van der Waals surface area contributed by atoms with Crippen LogP contribution in [0.2, 0.25) is 0 Å². The van der Waals surface area contributed by atoms with Crippen LogP contribution in [-0.2, 0) is 4.79 Å². The van der Waals surface area contributed by atoms with Gasteiger partial charge in [0.2, 0.25) is 0 Å². The second kappa shape index (κ2) is 4.22. The van der Waals surface area contributed by atoms with E-state index >= 15 is 0 Å². The number of aliphatic carboxylic acids is 1. The summed E-state index contributed by atoms with van der Waals surface area (Å²) in [6.07, 6.45) is 6.18. The fraction of sp³-hybridized carbons (Fsp3) is 0.600. The van der Waals surface area contributed by atoms with Crippen LogP contribution in [0.1, 0.15) is 19.8 Å². The third kappa shape index (κ3) is 2.04. The molecule has 1 unspecified atom stereocenters. The fourth-order valence-electron chi connectivity index (χ4n) is 1.73. The minimum absolute atomic E-state index is 0.116. The third-order valence-electron chi connectivity index (χ3n) is 2.69. The molecule has 0 aromatic rings. The molecule has 1 saturated heterocycles. The molecule has 1 aliphatic heterocycles. The van der Waals surface area contributed by atoms with Gasteiger partial charge in [0.05, 0.1) is 6.54 Å². The van der Waals surface area contributed by atoms with Crippen LogP contribution in [0.15, 0.2) is 0 Å². The highest BCUT2D eigenvalue weighted by Crippen LogP contribution is 2.28. The Hall–Kier alpha value is -1.70. The number of carboxylic acid groups (broad SMARTS) is 1. The van der Waals surface area contributed by atoms with Crippen LogP contribution in [0.3, 0.4) is 0 Å². The van der Waals surface area contributed by atoms with Crippen molar-refractivity contribution in [3.63, 3.8) is 0 Å². The molecule has 1 rings (SSSR count). The zero-order valence-electron chi connectivity index (χ0n) is 8.62. The summed E-state index contributed by atoms with van der Waals surface area (Å²) in [5, 5.41) is 11.5. The molecule has 5 nitrogen and oxygen atoms in total. The van der Waals surface area contributed by atoms with Crippen molar-refractivity contribution < 1.29 is 14.7 Å². The number of urea groups is 1. The molecule has 5 heteroatoms. The molecule has 1 aliphatic rings. The Labute approximate surface area is 88.4 Å². The molecule has 1 atom stereocenters. The number of carboxylic acids is 1.